The Labute approximate surface area is 374 Å². The zero-order valence-electron chi connectivity index (χ0n) is 35.2. The smallest absolute Gasteiger partial charge is 0.0789 e. The van der Waals surface area contributed by atoms with E-state index in [0.29, 0.717) is 0 Å². The van der Waals surface area contributed by atoms with Gasteiger partial charge in [-0.05, 0) is 93.0 Å². The number of fused-ring (bicyclic) bond motifs is 20. The van der Waals surface area contributed by atoms with Crippen molar-refractivity contribution >= 4 is 65.3 Å². The van der Waals surface area contributed by atoms with Gasteiger partial charge in [0.1, 0.15) is 0 Å². The number of rotatable bonds is 3. The van der Waals surface area contributed by atoms with Gasteiger partial charge in [-0.3, -0.25) is 0 Å². The van der Waals surface area contributed by atoms with Gasteiger partial charge in [-0.15, -0.1) is 0 Å². The third-order valence-electron chi connectivity index (χ3n) is 14.7. The minimum Gasteiger partial charge on any atom is -0.309 e. The van der Waals surface area contributed by atoms with Gasteiger partial charge in [0.25, 0.3) is 0 Å². The average Bonchev–Trinajstić information content (AvgIpc) is 4.08. The summed E-state index contributed by atoms with van der Waals surface area (Å²) in [5, 5.41) is 8.49. The van der Waals surface area contributed by atoms with Gasteiger partial charge in [0.05, 0.1) is 38.7 Å². The largest absolute Gasteiger partial charge is 0.309 e. The summed E-state index contributed by atoms with van der Waals surface area (Å²) in [6.45, 7) is 0. The SMILES string of the molecule is c1ccc2c(c1)-c1ccccc1C21c2ccccc2-c2c1ccc1c(-c3cc(-n4c5ccccc5c5ccccc54)cc(-n4c5ccccc5c5ccccc54)c3)nc3ccccc3c21. The topological polar surface area (TPSA) is 22.8 Å². The Morgan fingerprint density at radius 2 is 0.738 bits per heavy atom. The zero-order chi connectivity index (χ0) is 42.4. The van der Waals surface area contributed by atoms with E-state index in [2.05, 4.69) is 234 Å². The molecule has 0 N–H and O–H groups in total. The Morgan fingerprint density at radius 1 is 0.323 bits per heavy atom. The van der Waals surface area contributed by atoms with Gasteiger partial charge in [0, 0.05) is 54.6 Å². The molecule has 0 fully saturated rings. The Morgan fingerprint density at radius 3 is 1.26 bits per heavy atom. The summed E-state index contributed by atoms with van der Waals surface area (Å²) in [7, 11) is 0. The maximum absolute atomic E-state index is 5.69. The van der Waals surface area contributed by atoms with Gasteiger partial charge in [-0.25, -0.2) is 4.98 Å². The molecule has 3 heterocycles. The van der Waals surface area contributed by atoms with Crippen LogP contribution in [0.1, 0.15) is 22.3 Å². The Kier molecular flexibility index (Phi) is 6.88. The summed E-state index contributed by atoms with van der Waals surface area (Å²) in [6, 6.07) is 83.2. The molecule has 2 aliphatic rings. The van der Waals surface area contributed by atoms with E-state index in [1.54, 1.807) is 0 Å². The van der Waals surface area contributed by atoms with Crippen molar-refractivity contribution in [3.8, 4) is 44.9 Å². The molecule has 300 valence electrons. The molecule has 3 aromatic heterocycles. The van der Waals surface area contributed by atoms with Crippen LogP contribution in [0.25, 0.3) is 110 Å². The molecule has 0 amide bonds. The first-order chi connectivity index (χ1) is 32.3. The Balaban J connectivity index is 1.09. The van der Waals surface area contributed by atoms with Gasteiger partial charge in [-0.1, -0.05) is 176 Å². The van der Waals surface area contributed by atoms with E-state index in [-0.39, 0.29) is 0 Å². The predicted molar refractivity (Wildman–Crippen MR) is 270 cm³/mol. The fraction of sp³-hybridized carbons (Fsp3) is 0.0161. The monoisotopic (exact) mass is 823 g/mol. The average molecular weight is 824 g/mol. The summed E-state index contributed by atoms with van der Waals surface area (Å²) in [5.41, 5.74) is 20.0. The standard InChI is InChI=1S/C62H37N3/c1-9-25-50-41(17-1)42-18-2-10-26-51(42)62(50)52-27-11-3-23-47(52)60-53(62)34-33-49-59(60)48-24-4-12-28-54(48)63-61(49)38-35-39(64-55-29-13-5-19-43(55)44-20-6-14-30-56(44)64)37-40(36-38)65-57-31-15-7-21-45(57)46-22-8-16-32-58(46)65/h1-37H. The van der Waals surface area contributed by atoms with Gasteiger partial charge < -0.3 is 9.13 Å². The van der Waals surface area contributed by atoms with Crippen LogP contribution in [0.15, 0.2) is 224 Å². The van der Waals surface area contributed by atoms with Crippen LogP contribution in [0.4, 0.5) is 0 Å². The van der Waals surface area contributed by atoms with Crippen molar-refractivity contribution in [2.45, 2.75) is 5.41 Å². The molecule has 0 unspecified atom stereocenters. The van der Waals surface area contributed by atoms with Crippen LogP contribution in [0.2, 0.25) is 0 Å². The van der Waals surface area contributed by atoms with Gasteiger partial charge >= 0.3 is 0 Å². The third kappa shape index (κ3) is 4.46. The minimum atomic E-state index is -0.446. The van der Waals surface area contributed by atoms with Crippen LogP contribution in [-0.4, -0.2) is 14.1 Å². The van der Waals surface area contributed by atoms with E-state index in [0.717, 1.165) is 38.9 Å². The van der Waals surface area contributed by atoms with Crippen molar-refractivity contribution in [1.82, 2.24) is 14.1 Å². The maximum atomic E-state index is 5.69. The first-order valence-corrected chi connectivity index (χ1v) is 22.6. The minimum absolute atomic E-state index is 0.446. The molecule has 15 rings (SSSR count). The molecule has 3 heteroatoms. The van der Waals surface area contributed by atoms with Crippen LogP contribution in [0.5, 0.6) is 0 Å². The van der Waals surface area contributed by atoms with Crippen molar-refractivity contribution in [2.24, 2.45) is 0 Å². The second kappa shape index (κ2) is 12.8. The normalized spacial score (nSPS) is 13.4. The molecule has 0 radical (unpaired) electrons. The number of hydrogen-bond acceptors (Lipinski definition) is 1. The van der Waals surface area contributed by atoms with E-state index in [9.17, 15) is 0 Å². The molecule has 0 saturated heterocycles. The molecule has 2 aliphatic carbocycles. The molecule has 10 aromatic carbocycles. The highest BCUT2D eigenvalue weighted by molar-refractivity contribution is 6.20. The second-order valence-electron chi connectivity index (χ2n) is 17.8. The highest BCUT2D eigenvalue weighted by Gasteiger charge is 2.52. The lowest BCUT2D eigenvalue weighted by molar-refractivity contribution is 0.794. The van der Waals surface area contributed by atoms with Gasteiger partial charge in [0.15, 0.2) is 0 Å². The highest BCUT2D eigenvalue weighted by atomic mass is 15.0. The zero-order valence-corrected chi connectivity index (χ0v) is 35.2. The van der Waals surface area contributed by atoms with Crippen molar-refractivity contribution in [3.63, 3.8) is 0 Å². The first kappa shape index (κ1) is 35.0. The number of benzene rings is 10. The Hall–Kier alpha value is -8.53. The van der Waals surface area contributed by atoms with E-state index < -0.39 is 5.41 Å². The van der Waals surface area contributed by atoms with Gasteiger partial charge in [-0.2, -0.15) is 0 Å². The predicted octanol–water partition coefficient (Wildman–Crippen LogP) is 15.6. The van der Waals surface area contributed by atoms with Crippen LogP contribution in [0, 0.1) is 0 Å². The van der Waals surface area contributed by atoms with Crippen molar-refractivity contribution in [2.75, 3.05) is 0 Å². The van der Waals surface area contributed by atoms with Crippen LogP contribution in [0.3, 0.4) is 0 Å². The number of pyridine rings is 1. The lowest BCUT2D eigenvalue weighted by atomic mass is 9.70. The van der Waals surface area contributed by atoms with E-state index in [4.69, 9.17) is 4.98 Å². The van der Waals surface area contributed by atoms with Crippen molar-refractivity contribution in [3.05, 3.63) is 247 Å². The summed E-state index contributed by atoms with van der Waals surface area (Å²) >= 11 is 0. The second-order valence-corrected chi connectivity index (χ2v) is 17.8. The third-order valence-corrected chi connectivity index (χ3v) is 14.7. The number of hydrogen-bond donors (Lipinski definition) is 0. The summed E-state index contributed by atoms with van der Waals surface area (Å²) in [5.74, 6) is 0. The van der Waals surface area contributed by atoms with Crippen LogP contribution >= 0.6 is 0 Å². The van der Waals surface area contributed by atoms with E-state index in [1.807, 2.05) is 0 Å². The summed E-state index contributed by atoms with van der Waals surface area (Å²) < 4.78 is 4.89. The molecular weight excluding hydrogens is 787 g/mol. The first-order valence-electron chi connectivity index (χ1n) is 22.6. The van der Waals surface area contributed by atoms with Crippen molar-refractivity contribution < 1.29 is 0 Å². The van der Waals surface area contributed by atoms with Crippen LogP contribution < -0.4 is 0 Å². The molecule has 0 atom stereocenters. The lowest BCUT2D eigenvalue weighted by Gasteiger charge is -2.30. The number of aromatic nitrogens is 3. The molecular formula is C62H37N3. The summed E-state index contributed by atoms with van der Waals surface area (Å²) in [6.07, 6.45) is 0. The molecule has 0 aliphatic heterocycles. The van der Waals surface area contributed by atoms with E-state index >= 15 is 0 Å². The van der Waals surface area contributed by atoms with Crippen LogP contribution in [-0.2, 0) is 5.41 Å². The molecule has 65 heavy (non-hydrogen) atoms. The molecule has 13 aromatic rings. The number of para-hydroxylation sites is 5. The highest BCUT2D eigenvalue weighted by Crippen LogP contribution is 2.64. The molecule has 1 spiro atoms. The molecule has 0 saturated carbocycles. The maximum Gasteiger partial charge on any atom is 0.0789 e. The fourth-order valence-corrected chi connectivity index (χ4v) is 12.2. The summed E-state index contributed by atoms with van der Waals surface area (Å²) in [4.78, 5) is 5.69. The van der Waals surface area contributed by atoms with E-state index in [1.165, 1.54) is 93.5 Å². The number of nitrogens with zero attached hydrogens (tertiary/aromatic N) is 3. The fourth-order valence-electron chi connectivity index (χ4n) is 12.2. The quantitative estimate of drug-likeness (QED) is 0.163. The Bertz CT molecular complexity index is 3920. The molecule has 3 nitrogen and oxygen atoms in total. The van der Waals surface area contributed by atoms with Crippen molar-refractivity contribution in [1.29, 1.82) is 0 Å². The lowest BCUT2D eigenvalue weighted by Crippen LogP contribution is -2.25. The van der Waals surface area contributed by atoms with Gasteiger partial charge in [0.2, 0.25) is 0 Å². The molecule has 0 bridgehead atoms.